The monoisotopic (exact) mass is 348 g/mol. The molecule has 0 radical (unpaired) electrons. The van der Waals surface area contributed by atoms with Gasteiger partial charge in [-0.3, -0.25) is 4.79 Å². The maximum Gasteiger partial charge on any atom is 0.315 e. The highest BCUT2D eigenvalue weighted by Gasteiger charge is 2.51. The van der Waals surface area contributed by atoms with Crippen LogP contribution in [-0.4, -0.2) is 54.6 Å². The summed E-state index contributed by atoms with van der Waals surface area (Å²) in [5.41, 5.74) is 0.0376. The van der Waals surface area contributed by atoms with Crippen molar-refractivity contribution in [2.24, 2.45) is 17.8 Å². The fraction of sp³-hybridized carbons (Fsp3) is 0.895. The van der Waals surface area contributed by atoms with Gasteiger partial charge in [0.25, 0.3) is 0 Å². The number of carbonyl (C=O) groups is 2. The summed E-state index contributed by atoms with van der Waals surface area (Å²) in [4.78, 5) is 26.6. The summed E-state index contributed by atoms with van der Waals surface area (Å²) in [5.74, 6) is 2.61. The molecule has 0 aromatic carbocycles. The first-order valence-electron chi connectivity index (χ1n) is 10.1. The van der Waals surface area contributed by atoms with Gasteiger partial charge in [0.05, 0.1) is 0 Å². The highest BCUT2D eigenvalue weighted by molar-refractivity contribution is 5.79. The molecular weight excluding hydrogens is 316 g/mol. The molecule has 5 fully saturated rings. The summed E-state index contributed by atoms with van der Waals surface area (Å²) in [6, 6.07) is 0.158. The highest BCUT2D eigenvalue weighted by atomic mass is 16.2. The maximum absolute atomic E-state index is 12.4. The van der Waals surface area contributed by atoms with Crippen molar-refractivity contribution in [1.29, 1.82) is 0 Å². The van der Waals surface area contributed by atoms with E-state index >= 15 is 0 Å². The van der Waals surface area contributed by atoms with Crippen molar-refractivity contribution in [1.82, 2.24) is 20.9 Å². The van der Waals surface area contributed by atoms with Crippen molar-refractivity contribution < 1.29 is 9.59 Å². The molecule has 6 nitrogen and oxygen atoms in total. The Hall–Kier alpha value is -1.30. The molecule has 1 aliphatic heterocycles. The Morgan fingerprint density at radius 1 is 1.12 bits per heavy atom. The predicted octanol–water partition coefficient (Wildman–Crippen LogP) is 1.46. The maximum atomic E-state index is 12.4. The van der Waals surface area contributed by atoms with Crippen molar-refractivity contribution in [2.75, 3.05) is 26.2 Å². The number of hydrogen-bond donors (Lipinski definition) is 3. The minimum Gasteiger partial charge on any atom is -0.338 e. The molecule has 3 amide bonds. The summed E-state index contributed by atoms with van der Waals surface area (Å²) >= 11 is 0. The first-order valence-corrected chi connectivity index (χ1v) is 10.1. The second-order valence-electron chi connectivity index (χ2n) is 8.97. The van der Waals surface area contributed by atoms with E-state index in [4.69, 9.17) is 0 Å². The normalized spacial score (nSPS) is 39.3. The van der Waals surface area contributed by atoms with Crippen LogP contribution in [-0.2, 0) is 4.79 Å². The summed E-state index contributed by atoms with van der Waals surface area (Å²) in [6.45, 7) is 4.96. The molecule has 4 saturated carbocycles. The zero-order valence-corrected chi connectivity index (χ0v) is 15.4. The van der Waals surface area contributed by atoms with Crippen molar-refractivity contribution >= 4 is 11.9 Å². The lowest BCUT2D eigenvalue weighted by Gasteiger charge is -2.56. The van der Waals surface area contributed by atoms with Gasteiger partial charge in [-0.2, -0.15) is 0 Å². The summed E-state index contributed by atoms with van der Waals surface area (Å²) in [6.07, 6.45) is 7.98. The summed E-state index contributed by atoms with van der Waals surface area (Å²) in [7, 11) is 0. The number of amides is 3. The predicted molar refractivity (Wildman–Crippen MR) is 96.1 cm³/mol. The molecule has 5 rings (SSSR count). The van der Waals surface area contributed by atoms with Gasteiger partial charge in [0.15, 0.2) is 0 Å². The van der Waals surface area contributed by atoms with E-state index in [0.29, 0.717) is 13.0 Å². The van der Waals surface area contributed by atoms with E-state index in [1.807, 2.05) is 4.90 Å². The molecular formula is C19H32N4O2. The zero-order valence-electron chi connectivity index (χ0n) is 15.4. The van der Waals surface area contributed by atoms with Crippen molar-refractivity contribution in [3.63, 3.8) is 0 Å². The second kappa shape index (κ2) is 6.78. The lowest BCUT2D eigenvalue weighted by Crippen LogP contribution is -2.61. The molecule has 1 atom stereocenters. The van der Waals surface area contributed by atoms with Gasteiger partial charge in [0, 0.05) is 44.2 Å². The third kappa shape index (κ3) is 3.64. The first-order chi connectivity index (χ1) is 12.0. The van der Waals surface area contributed by atoms with E-state index in [1.165, 1.54) is 19.3 Å². The smallest absolute Gasteiger partial charge is 0.315 e. The fourth-order valence-corrected chi connectivity index (χ4v) is 6.19. The van der Waals surface area contributed by atoms with E-state index < -0.39 is 0 Å². The zero-order chi connectivity index (χ0) is 17.4. The standard InChI is InChI=1S/C19H32N4O2/c1-13-12-20-4-5-23(13)17(24)2-3-21-18(25)22-19-9-14-6-15(10-19)8-16(7-14)11-19/h13-16,20H,2-12H2,1H3,(H2,21,22,25)/t13-,14?,15?,16?,19?/m1/s1. The van der Waals surface area contributed by atoms with Crippen LogP contribution in [0.1, 0.15) is 51.9 Å². The SMILES string of the molecule is C[C@@H]1CNCCN1C(=O)CCNC(=O)NC12CC3CC(CC(C3)C1)C2. The van der Waals surface area contributed by atoms with Crippen molar-refractivity contribution in [3.8, 4) is 0 Å². The lowest BCUT2D eigenvalue weighted by molar-refractivity contribution is -0.133. The lowest BCUT2D eigenvalue weighted by atomic mass is 9.53. The molecule has 4 bridgehead atoms. The highest BCUT2D eigenvalue weighted by Crippen LogP contribution is 2.55. The van der Waals surface area contributed by atoms with Crippen LogP contribution in [0.25, 0.3) is 0 Å². The molecule has 1 saturated heterocycles. The molecule has 5 aliphatic rings. The largest absolute Gasteiger partial charge is 0.338 e. The number of nitrogens with zero attached hydrogens (tertiary/aromatic N) is 1. The van der Waals surface area contributed by atoms with Crippen LogP contribution in [0.4, 0.5) is 4.79 Å². The molecule has 0 aromatic rings. The fourth-order valence-electron chi connectivity index (χ4n) is 6.19. The Morgan fingerprint density at radius 2 is 1.76 bits per heavy atom. The molecule has 4 aliphatic carbocycles. The van der Waals surface area contributed by atoms with Crippen LogP contribution in [0.5, 0.6) is 0 Å². The van der Waals surface area contributed by atoms with Crippen LogP contribution in [0.3, 0.4) is 0 Å². The van der Waals surface area contributed by atoms with Gasteiger partial charge >= 0.3 is 6.03 Å². The number of carbonyl (C=O) groups excluding carboxylic acids is 2. The topological polar surface area (TPSA) is 73.5 Å². The van der Waals surface area contributed by atoms with Gasteiger partial charge in [-0.25, -0.2) is 4.79 Å². The Balaban J connectivity index is 1.22. The number of hydrogen-bond acceptors (Lipinski definition) is 3. The number of urea groups is 1. The van der Waals surface area contributed by atoms with E-state index in [0.717, 1.165) is 56.7 Å². The number of nitrogens with one attached hydrogen (secondary N) is 3. The Bertz CT molecular complexity index is 500. The van der Waals surface area contributed by atoms with Gasteiger partial charge in [-0.05, 0) is 63.2 Å². The molecule has 0 aromatic heterocycles. The average Bonchev–Trinajstić information content (AvgIpc) is 2.53. The van der Waals surface area contributed by atoms with Gasteiger partial charge in [-0.1, -0.05) is 0 Å². The van der Waals surface area contributed by atoms with Crippen LogP contribution >= 0.6 is 0 Å². The van der Waals surface area contributed by atoms with Gasteiger partial charge in [0.2, 0.25) is 5.91 Å². The summed E-state index contributed by atoms with van der Waals surface area (Å²) in [5, 5.41) is 9.52. The Labute approximate surface area is 150 Å². The second-order valence-corrected chi connectivity index (χ2v) is 8.97. The van der Waals surface area contributed by atoms with E-state index in [-0.39, 0.29) is 23.5 Å². The van der Waals surface area contributed by atoms with Crippen molar-refractivity contribution in [2.45, 2.75) is 63.5 Å². The minimum absolute atomic E-state index is 0.0376. The van der Waals surface area contributed by atoms with E-state index in [9.17, 15) is 9.59 Å². The summed E-state index contributed by atoms with van der Waals surface area (Å²) < 4.78 is 0. The van der Waals surface area contributed by atoms with E-state index in [1.54, 1.807) is 0 Å². The number of piperazine rings is 1. The molecule has 0 spiro atoms. The number of rotatable bonds is 4. The van der Waals surface area contributed by atoms with Crippen LogP contribution < -0.4 is 16.0 Å². The van der Waals surface area contributed by atoms with Gasteiger partial charge < -0.3 is 20.9 Å². The molecule has 140 valence electrons. The Morgan fingerprint density at radius 3 is 2.36 bits per heavy atom. The van der Waals surface area contributed by atoms with Crippen LogP contribution in [0.2, 0.25) is 0 Å². The third-order valence-electron chi connectivity index (χ3n) is 6.86. The van der Waals surface area contributed by atoms with Crippen LogP contribution in [0, 0.1) is 17.8 Å². The van der Waals surface area contributed by atoms with Crippen molar-refractivity contribution in [3.05, 3.63) is 0 Å². The Kier molecular flexibility index (Phi) is 4.65. The van der Waals surface area contributed by atoms with E-state index in [2.05, 4.69) is 22.9 Å². The third-order valence-corrected chi connectivity index (χ3v) is 6.86. The molecule has 6 heteroatoms. The van der Waals surface area contributed by atoms with Gasteiger partial charge in [0.1, 0.15) is 0 Å². The molecule has 3 N–H and O–H groups in total. The van der Waals surface area contributed by atoms with Crippen LogP contribution in [0.15, 0.2) is 0 Å². The molecule has 25 heavy (non-hydrogen) atoms. The quantitative estimate of drug-likeness (QED) is 0.720. The average molecular weight is 348 g/mol. The first kappa shape index (κ1) is 17.1. The van der Waals surface area contributed by atoms with Gasteiger partial charge in [-0.15, -0.1) is 0 Å². The minimum atomic E-state index is -0.0805. The molecule has 1 heterocycles. The molecule has 0 unspecified atom stereocenters.